The minimum Gasteiger partial charge on any atom is -0.338 e. The molecule has 3 aromatic heterocycles. The van der Waals surface area contributed by atoms with E-state index in [1.54, 1.807) is 12.4 Å². The van der Waals surface area contributed by atoms with Gasteiger partial charge in [0.2, 0.25) is 0 Å². The molecule has 0 N–H and O–H groups in total. The molecule has 5 aromatic carbocycles. The van der Waals surface area contributed by atoms with Crippen molar-refractivity contribution < 1.29 is 0 Å². The molecule has 228 valence electrons. The van der Waals surface area contributed by atoms with Crippen molar-refractivity contribution in [3.63, 3.8) is 0 Å². The third-order valence-electron chi connectivity index (χ3n) is 10.2. The standard InChI is InChI=1S/C42H30N6/c1-46-27-47(41-40(46)44-23-24-45-41)30-12-10-11-28(25-30)42(35-16-5-2-13-31(35)32-14-3-6-17-36(32)42)29-20-21-34-33-15-4-7-18-37(33)48(38(34)26-29)39-19-8-9-22-43-39/h2-26H,27H2,1H3. The van der Waals surface area contributed by atoms with E-state index in [4.69, 9.17) is 9.97 Å². The molecule has 0 spiro atoms. The van der Waals surface area contributed by atoms with E-state index in [1.807, 2.05) is 12.3 Å². The van der Waals surface area contributed by atoms with Crippen LogP contribution in [0.25, 0.3) is 38.8 Å². The predicted octanol–water partition coefficient (Wildman–Crippen LogP) is 8.88. The second-order valence-electron chi connectivity index (χ2n) is 12.6. The molecule has 0 amide bonds. The number of nitrogens with zero attached hydrogens (tertiary/aromatic N) is 6. The summed E-state index contributed by atoms with van der Waals surface area (Å²) in [6.07, 6.45) is 5.40. The van der Waals surface area contributed by atoms with Crippen LogP contribution < -0.4 is 9.80 Å². The summed E-state index contributed by atoms with van der Waals surface area (Å²) in [5.74, 6) is 2.67. The van der Waals surface area contributed by atoms with E-state index in [1.165, 1.54) is 44.2 Å². The molecule has 6 heteroatoms. The number of hydrogen-bond acceptors (Lipinski definition) is 5. The van der Waals surface area contributed by atoms with E-state index in [0.717, 1.165) is 34.2 Å². The summed E-state index contributed by atoms with van der Waals surface area (Å²) in [6.45, 7) is 0.680. The van der Waals surface area contributed by atoms with Gasteiger partial charge in [-0.15, -0.1) is 0 Å². The molecule has 1 aliphatic carbocycles. The van der Waals surface area contributed by atoms with Gasteiger partial charge >= 0.3 is 0 Å². The lowest BCUT2D eigenvalue weighted by atomic mass is 9.67. The van der Waals surface area contributed by atoms with Crippen molar-refractivity contribution in [3.05, 3.63) is 174 Å². The van der Waals surface area contributed by atoms with Crippen molar-refractivity contribution >= 4 is 39.1 Å². The summed E-state index contributed by atoms with van der Waals surface area (Å²) in [4.78, 5) is 18.6. The van der Waals surface area contributed by atoms with E-state index >= 15 is 0 Å². The van der Waals surface area contributed by atoms with Gasteiger partial charge in [0, 0.05) is 42.1 Å². The van der Waals surface area contributed by atoms with Crippen molar-refractivity contribution in [3.8, 4) is 16.9 Å². The first-order chi connectivity index (χ1) is 23.7. The Morgan fingerprint density at radius 2 is 1.23 bits per heavy atom. The monoisotopic (exact) mass is 618 g/mol. The molecule has 0 atom stereocenters. The Morgan fingerprint density at radius 3 is 2.02 bits per heavy atom. The van der Waals surface area contributed by atoms with E-state index < -0.39 is 5.41 Å². The molecule has 8 aromatic rings. The molecular formula is C42H30N6. The van der Waals surface area contributed by atoms with Crippen LogP contribution in [0.15, 0.2) is 152 Å². The van der Waals surface area contributed by atoms with Gasteiger partial charge in [-0.1, -0.05) is 97.1 Å². The van der Waals surface area contributed by atoms with E-state index in [0.29, 0.717) is 6.67 Å². The fraction of sp³-hybridized carbons (Fsp3) is 0.0714. The molecule has 0 fully saturated rings. The van der Waals surface area contributed by atoms with Crippen LogP contribution in [0, 0.1) is 0 Å². The first-order valence-electron chi connectivity index (χ1n) is 16.3. The Morgan fingerprint density at radius 1 is 0.542 bits per heavy atom. The number of benzene rings is 5. The molecule has 4 heterocycles. The highest BCUT2D eigenvalue weighted by Crippen LogP contribution is 2.57. The average molecular weight is 619 g/mol. The third-order valence-corrected chi connectivity index (χ3v) is 10.2. The molecule has 6 nitrogen and oxygen atoms in total. The molecular weight excluding hydrogens is 589 g/mol. The van der Waals surface area contributed by atoms with Gasteiger partial charge in [0.25, 0.3) is 0 Å². The van der Waals surface area contributed by atoms with Crippen LogP contribution in [0.3, 0.4) is 0 Å². The normalized spacial score (nSPS) is 14.4. The summed E-state index contributed by atoms with van der Waals surface area (Å²) < 4.78 is 2.31. The largest absolute Gasteiger partial charge is 0.338 e. The highest BCUT2D eigenvalue weighted by Gasteiger charge is 2.46. The lowest BCUT2D eigenvalue weighted by Gasteiger charge is -2.34. The maximum atomic E-state index is 4.82. The topological polar surface area (TPSA) is 50.1 Å². The predicted molar refractivity (Wildman–Crippen MR) is 193 cm³/mol. The van der Waals surface area contributed by atoms with Crippen molar-refractivity contribution in [2.75, 3.05) is 23.5 Å². The van der Waals surface area contributed by atoms with Crippen LogP contribution >= 0.6 is 0 Å². The van der Waals surface area contributed by atoms with Crippen molar-refractivity contribution in [1.82, 2.24) is 19.5 Å². The Balaban J connectivity index is 1.29. The Hall–Kier alpha value is -6.27. The molecule has 0 bridgehead atoms. The van der Waals surface area contributed by atoms with Crippen molar-refractivity contribution in [2.24, 2.45) is 0 Å². The minimum atomic E-state index is -0.570. The molecule has 0 saturated carbocycles. The van der Waals surface area contributed by atoms with Gasteiger partial charge in [0.15, 0.2) is 11.6 Å². The van der Waals surface area contributed by atoms with Crippen molar-refractivity contribution in [1.29, 1.82) is 0 Å². The summed E-state index contributed by atoms with van der Waals surface area (Å²) >= 11 is 0. The Bertz CT molecular complexity index is 2490. The SMILES string of the molecule is CN1CN(c2cccc(C3(c4ccc5c6ccccc6n(-c6ccccn6)c5c4)c4ccccc4-c4ccccc43)c2)c2nccnc21. The summed E-state index contributed by atoms with van der Waals surface area (Å²) in [7, 11) is 2.07. The summed E-state index contributed by atoms with van der Waals surface area (Å²) in [6, 6.07) is 48.6. The summed E-state index contributed by atoms with van der Waals surface area (Å²) in [5.41, 5.74) is 10.3. The average Bonchev–Trinajstić information content (AvgIpc) is 3.78. The number of hydrogen-bond donors (Lipinski definition) is 0. The van der Waals surface area contributed by atoms with Crippen LogP contribution in [-0.4, -0.2) is 33.2 Å². The zero-order valence-corrected chi connectivity index (χ0v) is 26.3. The lowest BCUT2D eigenvalue weighted by Crippen LogP contribution is -2.29. The zero-order valence-electron chi connectivity index (χ0n) is 26.3. The van der Waals surface area contributed by atoms with Crippen LogP contribution in [0.4, 0.5) is 17.3 Å². The highest BCUT2D eigenvalue weighted by atomic mass is 15.4. The number of aromatic nitrogens is 4. The van der Waals surface area contributed by atoms with Gasteiger partial charge in [-0.25, -0.2) is 15.0 Å². The van der Waals surface area contributed by atoms with Gasteiger partial charge in [-0.05, 0) is 69.8 Å². The second kappa shape index (κ2) is 10.1. The zero-order chi connectivity index (χ0) is 31.8. The molecule has 48 heavy (non-hydrogen) atoms. The van der Waals surface area contributed by atoms with Gasteiger partial charge in [-0.3, -0.25) is 4.57 Å². The molecule has 1 aliphatic heterocycles. The van der Waals surface area contributed by atoms with E-state index in [-0.39, 0.29) is 0 Å². The van der Waals surface area contributed by atoms with Gasteiger partial charge in [0.05, 0.1) is 23.1 Å². The number of rotatable bonds is 4. The maximum absolute atomic E-state index is 4.82. The van der Waals surface area contributed by atoms with E-state index in [9.17, 15) is 0 Å². The quantitative estimate of drug-likeness (QED) is 0.197. The molecule has 0 saturated heterocycles. The fourth-order valence-corrected chi connectivity index (χ4v) is 8.20. The van der Waals surface area contributed by atoms with E-state index in [2.05, 4.69) is 154 Å². The number of anilines is 3. The van der Waals surface area contributed by atoms with Crippen LogP contribution in [0.1, 0.15) is 22.3 Å². The highest BCUT2D eigenvalue weighted by molar-refractivity contribution is 6.09. The Kier molecular flexibility index (Phi) is 5.67. The van der Waals surface area contributed by atoms with Gasteiger partial charge < -0.3 is 9.80 Å². The summed E-state index contributed by atoms with van der Waals surface area (Å²) in [5, 5.41) is 2.42. The smallest absolute Gasteiger partial charge is 0.178 e. The second-order valence-corrected chi connectivity index (χ2v) is 12.6. The number of fused-ring (bicyclic) bond motifs is 7. The fourth-order valence-electron chi connectivity index (χ4n) is 8.20. The first kappa shape index (κ1) is 26.9. The maximum Gasteiger partial charge on any atom is 0.178 e. The molecule has 2 aliphatic rings. The third kappa shape index (κ3) is 3.60. The van der Waals surface area contributed by atoms with Crippen LogP contribution in [-0.2, 0) is 5.41 Å². The van der Waals surface area contributed by atoms with Crippen LogP contribution in [0.2, 0.25) is 0 Å². The van der Waals surface area contributed by atoms with Crippen LogP contribution in [0.5, 0.6) is 0 Å². The number of para-hydroxylation sites is 1. The Labute approximate surface area is 278 Å². The molecule has 0 unspecified atom stereocenters. The molecule has 10 rings (SSSR count). The number of pyridine rings is 1. The lowest BCUT2D eigenvalue weighted by molar-refractivity contribution is 0.768. The van der Waals surface area contributed by atoms with Gasteiger partial charge in [-0.2, -0.15) is 0 Å². The van der Waals surface area contributed by atoms with Crippen molar-refractivity contribution in [2.45, 2.75) is 5.41 Å². The van der Waals surface area contributed by atoms with Gasteiger partial charge in [0.1, 0.15) is 5.82 Å². The first-order valence-corrected chi connectivity index (χ1v) is 16.3. The minimum absolute atomic E-state index is 0.570. The molecule has 0 radical (unpaired) electrons.